The summed E-state index contributed by atoms with van der Waals surface area (Å²) in [6.07, 6.45) is 1.58. The molecular weight excluding hydrogens is 433 g/mol. The minimum absolute atomic E-state index is 0.197. The van der Waals surface area contributed by atoms with E-state index in [2.05, 4.69) is 24.1 Å². The number of rotatable bonds is 8. The van der Waals surface area contributed by atoms with Gasteiger partial charge < -0.3 is 15.0 Å². The fourth-order valence-electron chi connectivity index (χ4n) is 3.29. The van der Waals surface area contributed by atoms with E-state index in [9.17, 15) is 18.8 Å². The van der Waals surface area contributed by atoms with Crippen LogP contribution in [0.1, 0.15) is 19.4 Å². The van der Waals surface area contributed by atoms with E-state index >= 15 is 0 Å². The lowest BCUT2D eigenvalue weighted by Crippen LogP contribution is -2.36. The van der Waals surface area contributed by atoms with E-state index < -0.39 is 29.4 Å². The Morgan fingerprint density at radius 1 is 1.19 bits per heavy atom. The molecule has 3 amide bonds. The second kappa shape index (κ2) is 10.3. The standard InChI is InChI=1S/C23H24FN3O4S/c1-4-26(5-2)18-10-9-15(19(13-18)31-3)11-20-22(29)27(23(30)32-20)14-21(28)25-17-8-6-7-16(24)12-17/h6-13H,4-5,14H2,1-3H3,(H,25,28)/b20-11+. The Morgan fingerprint density at radius 3 is 2.59 bits per heavy atom. The molecule has 3 rings (SSSR count). The summed E-state index contributed by atoms with van der Waals surface area (Å²) in [5, 5.41) is 1.94. The lowest BCUT2D eigenvalue weighted by molar-refractivity contribution is -0.127. The Balaban J connectivity index is 1.75. The molecular formula is C23H24FN3O4S. The molecule has 1 fully saturated rings. The molecule has 2 aromatic rings. The van der Waals surface area contributed by atoms with Crippen molar-refractivity contribution in [3.05, 3.63) is 58.8 Å². The van der Waals surface area contributed by atoms with Crippen LogP contribution >= 0.6 is 11.8 Å². The van der Waals surface area contributed by atoms with Crippen LogP contribution in [0.3, 0.4) is 0 Å². The number of hydrogen-bond acceptors (Lipinski definition) is 6. The molecule has 9 heteroatoms. The molecule has 0 unspecified atom stereocenters. The van der Waals surface area contributed by atoms with Gasteiger partial charge in [-0.05, 0) is 62.0 Å². The predicted octanol–water partition coefficient (Wildman–Crippen LogP) is 4.36. The van der Waals surface area contributed by atoms with E-state index in [1.807, 2.05) is 18.2 Å². The van der Waals surface area contributed by atoms with Gasteiger partial charge in [0.05, 0.1) is 12.0 Å². The number of benzene rings is 2. The first-order chi connectivity index (χ1) is 15.4. The van der Waals surface area contributed by atoms with Crippen LogP contribution in [0, 0.1) is 5.82 Å². The zero-order valence-electron chi connectivity index (χ0n) is 18.1. The summed E-state index contributed by atoms with van der Waals surface area (Å²) in [6, 6.07) is 11.0. The highest BCUT2D eigenvalue weighted by Crippen LogP contribution is 2.35. The highest BCUT2D eigenvalue weighted by molar-refractivity contribution is 8.18. The third-order valence-electron chi connectivity index (χ3n) is 4.92. The van der Waals surface area contributed by atoms with Crippen molar-refractivity contribution in [3.63, 3.8) is 0 Å². The van der Waals surface area contributed by atoms with Crippen LogP contribution in [0.15, 0.2) is 47.4 Å². The van der Waals surface area contributed by atoms with Crippen molar-refractivity contribution in [1.82, 2.24) is 4.90 Å². The fraction of sp³-hybridized carbons (Fsp3) is 0.261. The predicted molar refractivity (Wildman–Crippen MR) is 124 cm³/mol. The van der Waals surface area contributed by atoms with E-state index in [-0.39, 0.29) is 10.6 Å². The largest absolute Gasteiger partial charge is 0.496 e. The van der Waals surface area contributed by atoms with E-state index in [1.165, 1.54) is 18.2 Å². The maximum absolute atomic E-state index is 13.3. The number of thioether (sulfide) groups is 1. The van der Waals surface area contributed by atoms with E-state index in [4.69, 9.17) is 4.74 Å². The number of nitrogens with zero attached hydrogens (tertiary/aromatic N) is 2. The second-order valence-corrected chi connectivity index (χ2v) is 7.92. The second-order valence-electron chi connectivity index (χ2n) is 6.92. The molecule has 168 valence electrons. The SMILES string of the molecule is CCN(CC)c1ccc(/C=C2/SC(=O)N(CC(=O)Nc3cccc(F)c3)C2=O)c(OC)c1. The van der Waals surface area contributed by atoms with Gasteiger partial charge in [0.1, 0.15) is 18.1 Å². The van der Waals surface area contributed by atoms with Gasteiger partial charge in [-0.1, -0.05) is 6.07 Å². The van der Waals surface area contributed by atoms with Crippen molar-refractivity contribution in [2.45, 2.75) is 13.8 Å². The van der Waals surface area contributed by atoms with Gasteiger partial charge in [0.25, 0.3) is 11.1 Å². The Hall–Kier alpha value is -3.33. The number of amides is 3. The molecule has 0 bridgehead atoms. The number of nitrogens with one attached hydrogen (secondary N) is 1. The van der Waals surface area contributed by atoms with Crippen molar-refractivity contribution in [2.75, 3.05) is 37.0 Å². The molecule has 0 aliphatic carbocycles. The molecule has 0 spiro atoms. The van der Waals surface area contributed by atoms with Gasteiger partial charge in [0, 0.05) is 36.1 Å². The van der Waals surface area contributed by atoms with Crippen molar-refractivity contribution in [3.8, 4) is 5.75 Å². The fourth-order valence-corrected chi connectivity index (χ4v) is 4.12. The highest BCUT2D eigenvalue weighted by atomic mass is 32.2. The monoisotopic (exact) mass is 457 g/mol. The van der Waals surface area contributed by atoms with Gasteiger partial charge in [0.2, 0.25) is 5.91 Å². The molecule has 32 heavy (non-hydrogen) atoms. The Kier molecular flexibility index (Phi) is 7.53. The number of anilines is 2. The van der Waals surface area contributed by atoms with Crippen molar-refractivity contribution < 1.29 is 23.5 Å². The first kappa shape index (κ1) is 23.3. The molecule has 0 saturated carbocycles. The number of ether oxygens (including phenoxy) is 1. The van der Waals surface area contributed by atoms with E-state index in [0.29, 0.717) is 11.3 Å². The maximum Gasteiger partial charge on any atom is 0.294 e. The van der Waals surface area contributed by atoms with Crippen LogP contribution in [0.2, 0.25) is 0 Å². The number of hydrogen-bond donors (Lipinski definition) is 1. The van der Waals surface area contributed by atoms with Crippen LogP contribution < -0.4 is 15.0 Å². The van der Waals surface area contributed by atoms with E-state index in [0.717, 1.165) is 41.5 Å². The highest BCUT2D eigenvalue weighted by Gasteiger charge is 2.36. The summed E-state index contributed by atoms with van der Waals surface area (Å²) in [5.41, 5.74) is 1.89. The summed E-state index contributed by atoms with van der Waals surface area (Å²) >= 11 is 0.759. The number of carbonyl (C=O) groups excluding carboxylic acids is 3. The molecule has 1 aliphatic rings. The molecule has 7 nitrogen and oxygen atoms in total. The zero-order chi connectivity index (χ0) is 23.3. The first-order valence-corrected chi connectivity index (χ1v) is 10.9. The average molecular weight is 458 g/mol. The lowest BCUT2D eigenvalue weighted by Gasteiger charge is -2.22. The normalized spacial score (nSPS) is 14.8. The summed E-state index contributed by atoms with van der Waals surface area (Å²) < 4.78 is 18.8. The van der Waals surface area contributed by atoms with Crippen LogP contribution in [-0.2, 0) is 9.59 Å². The Labute approximate surface area is 190 Å². The molecule has 0 atom stereocenters. The van der Waals surface area contributed by atoms with Gasteiger partial charge in [-0.2, -0.15) is 0 Å². The Morgan fingerprint density at radius 2 is 1.94 bits per heavy atom. The van der Waals surface area contributed by atoms with Crippen LogP contribution in [0.5, 0.6) is 5.75 Å². The molecule has 0 radical (unpaired) electrons. The smallest absolute Gasteiger partial charge is 0.294 e. The van der Waals surface area contributed by atoms with Crippen molar-refractivity contribution >= 4 is 46.3 Å². The molecule has 2 aromatic carbocycles. The van der Waals surface area contributed by atoms with Crippen molar-refractivity contribution in [2.24, 2.45) is 0 Å². The quantitative estimate of drug-likeness (QED) is 0.594. The molecule has 1 saturated heterocycles. The minimum Gasteiger partial charge on any atom is -0.496 e. The lowest BCUT2D eigenvalue weighted by atomic mass is 10.1. The summed E-state index contributed by atoms with van der Waals surface area (Å²) in [6.45, 7) is 5.34. The molecule has 1 aliphatic heterocycles. The number of halogens is 1. The van der Waals surface area contributed by atoms with Crippen molar-refractivity contribution in [1.29, 1.82) is 0 Å². The van der Waals surface area contributed by atoms with Gasteiger partial charge in [-0.25, -0.2) is 4.39 Å². The van der Waals surface area contributed by atoms with Crippen LogP contribution in [0.25, 0.3) is 6.08 Å². The molecule has 1 heterocycles. The average Bonchev–Trinajstić information content (AvgIpc) is 3.02. The van der Waals surface area contributed by atoms with Gasteiger partial charge >= 0.3 is 0 Å². The van der Waals surface area contributed by atoms with Gasteiger partial charge in [0.15, 0.2) is 0 Å². The van der Waals surface area contributed by atoms with Gasteiger partial charge in [-0.3, -0.25) is 19.3 Å². The number of carbonyl (C=O) groups is 3. The summed E-state index contributed by atoms with van der Waals surface area (Å²) in [5.74, 6) is -1.09. The molecule has 1 N–H and O–H groups in total. The number of imide groups is 1. The zero-order valence-corrected chi connectivity index (χ0v) is 18.9. The summed E-state index contributed by atoms with van der Waals surface area (Å²) in [4.78, 5) is 40.6. The minimum atomic E-state index is -0.597. The third-order valence-corrected chi connectivity index (χ3v) is 5.82. The van der Waals surface area contributed by atoms with E-state index in [1.54, 1.807) is 13.2 Å². The topological polar surface area (TPSA) is 79.0 Å². The van der Waals surface area contributed by atoms with Gasteiger partial charge in [-0.15, -0.1) is 0 Å². The third kappa shape index (κ3) is 5.28. The number of methoxy groups -OCH3 is 1. The first-order valence-electron chi connectivity index (χ1n) is 10.1. The maximum atomic E-state index is 13.3. The molecule has 0 aromatic heterocycles. The van der Waals surface area contributed by atoms with Crippen LogP contribution in [-0.4, -0.2) is 48.7 Å². The van der Waals surface area contributed by atoms with Crippen LogP contribution in [0.4, 0.5) is 20.6 Å². The Bertz CT molecular complexity index is 1070. The summed E-state index contributed by atoms with van der Waals surface area (Å²) in [7, 11) is 1.54.